The maximum atomic E-state index is 6.47. The van der Waals surface area contributed by atoms with Crippen molar-refractivity contribution in [2.24, 2.45) is 5.41 Å². The van der Waals surface area contributed by atoms with Gasteiger partial charge < -0.3 is 5.32 Å². The topological polar surface area (TPSA) is 12.0 Å². The molecule has 1 atom stereocenters. The van der Waals surface area contributed by atoms with E-state index in [2.05, 4.69) is 19.2 Å². The molecule has 20 heavy (non-hydrogen) atoms. The van der Waals surface area contributed by atoms with Gasteiger partial charge in [0.15, 0.2) is 0 Å². The van der Waals surface area contributed by atoms with Crippen LogP contribution in [0.15, 0.2) is 18.2 Å². The Morgan fingerprint density at radius 1 is 1.20 bits per heavy atom. The maximum absolute atomic E-state index is 6.47. The van der Waals surface area contributed by atoms with Crippen molar-refractivity contribution in [3.8, 4) is 0 Å². The second-order valence-electron chi connectivity index (χ2n) is 5.98. The van der Waals surface area contributed by atoms with Gasteiger partial charge in [0, 0.05) is 16.1 Å². The predicted octanol–water partition coefficient (Wildman–Crippen LogP) is 6.00. The van der Waals surface area contributed by atoms with E-state index in [1.807, 2.05) is 18.2 Å². The Bertz CT molecular complexity index is 439. The van der Waals surface area contributed by atoms with Crippen LogP contribution in [-0.2, 0) is 0 Å². The van der Waals surface area contributed by atoms with Crippen LogP contribution >= 0.6 is 23.2 Å². The highest BCUT2D eigenvalue weighted by molar-refractivity contribution is 6.33. The number of benzene rings is 1. The van der Waals surface area contributed by atoms with Crippen LogP contribution < -0.4 is 5.32 Å². The lowest BCUT2D eigenvalue weighted by atomic mass is 9.73. The molecule has 1 aromatic rings. The van der Waals surface area contributed by atoms with Crippen LogP contribution in [0.1, 0.15) is 64.0 Å². The third-order valence-electron chi connectivity index (χ3n) is 4.78. The minimum Gasteiger partial charge on any atom is -0.309 e. The lowest BCUT2D eigenvalue weighted by Gasteiger charge is -2.38. The van der Waals surface area contributed by atoms with E-state index in [0.717, 1.165) is 23.0 Å². The van der Waals surface area contributed by atoms with Crippen LogP contribution in [0.25, 0.3) is 0 Å². The molecule has 1 unspecified atom stereocenters. The fourth-order valence-corrected chi connectivity index (χ4v) is 4.01. The van der Waals surface area contributed by atoms with E-state index in [1.54, 1.807) is 0 Å². The van der Waals surface area contributed by atoms with Crippen molar-refractivity contribution in [1.29, 1.82) is 0 Å². The van der Waals surface area contributed by atoms with E-state index in [-0.39, 0.29) is 0 Å². The molecular formula is C17H25Cl2N. The normalized spacial score (nSPS) is 19.2. The SMILES string of the molecule is CCCNC(c1cc(Cl)ccc1Cl)C1(CC)CCCC1. The first kappa shape index (κ1) is 16.1. The van der Waals surface area contributed by atoms with Crippen molar-refractivity contribution in [2.45, 2.75) is 58.4 Å². The van der Waals surface area contributed by atoms with Gasteiger partial charge in [-0.3, -0.25) is 0 Å². The summed E-state index contributed by atoms with van der Waals surface area (Å²) in [5.74, 6) is 0. The van der Waals surface area contributed by atoms with Crippen LogP contribution in [0.5, 0.6) is 0 Å². The molecule has 0 heterocycles. The molecule has 1 aromatic carbocycles. The highest BCUT2D eigenvalue weighted by atomic mass is 35.5. The summed E-state index contributed by atoms with van der Waals surface area (Å²) in [5, 5.41) is 5.36. The molecule has 1 fully saturated rings. The number of nitrogens with one attached hydrogen (secondary N) is 1. The van der Waals surface area contributed by atoms with Crippen LogP contribution in [0, 0.1) is 5.41 Å². The van der Waals surface area contributed by atoms with Crippen LogP contribution in [0.3, 0.4) is 0 Å². The van der Waals surface area contributed by atoms with Gasteiger partial charge in [0.25, 0.3) is 0 Å². The second kappa shape index (κ2) is 7.15. The fourth-order valence-electron chi connectivity index (χ4n) is 3.61. The Morgan fingerprint density at radius 3 is 2.50 bits per heavy atom. The minimum absolute atomic E-state index is 0.321. The minimum atomic E-state index is 0.321. The van der Waals surface area contributed by atoms with Gasteiger partial charge in [0.1, 0.15) is 0 Å². The molecular weight excluding hydrogens is 289 g/mol. The first-order valence-corrected chi connectivity index (χ1v) is 8.57. The molecule has 2 rings (SSSR count). The summed E-state index contributed by atoms with van der Waals surface area (Å²) in [4.78, 5) is 0. The number of hydrogen-bond acceptors (Lipinski definition) is 1. The average Bonchev–Trinajstić information content (AvgIpc) is 2.93. The summed E-state index contributed by atoms with van der Waals surface area (Å²) >= 11 is 12.7. The van der Waals surface area contributed by atoms with Gasteiger partial charge in [-0.05, 0) is 61.4 Å². The molecule has 1 N–H and O–H groups in total. The Hall–Kier alpha value is -0.240. The van der Waals surface area contributed by atoms with Crippen molar-refractivity contribution in [3.05, 3.63) is 33.8 Å². The Balaban J connectivity index is 2.38. The molecule has 0 amide bonds. The summed E-state index contributed by atoms with van der Waals surface area (Å²) < 4.78 is 0. The summed E-state index contributed by atoms with van der Waals surface area (Å²) in [6.45, 7) is 5.54. The Kier molecular flexibility index (Phi) is 5.77. The standard InChI is InChI=1S/C17H25Cl2N/c1-3-11-20-16(17(4-2)9-5-6-10-17)14-12-13(18)7-8-15(14)19/h7-8,12,16,20H,3-6,9-11H2,1-2H3. The zero-order valence-corrected chi connectivity index (χ0v) is 14.0. The number of halogens is 2. The lowest BCUT2D eigenvalue weighted by molar-refractivity contribution is 0.187. The van der Waals surface area contributed by atoms with Crippen molar-refractivity contribution < 1.29 is 0 Å². The zero-order valence-electron chi connectivity index (χ0n) is 12.5. The maximum Gasteiger partial charge on any atom is 0.0455 e. The van der Waals surface area contributed by atoms with E-state index >= 15 is 0 Å². The Morgan fingerprint density at radius 2 is 1.90 bits per heavy atom. The Labute approximate surface area is 133 Å². The number of hydrogen-bond donors (Lipinski definition) is 1. The molecule has 3 heteroatoms. The van der Waals surface area contributed by atoms with E-state index in [1.165, 1.54) is 37.7 Å². The molecule has 0 aromatic heterocycles. The van der Waals surface area contributed by atoms with Gasteiger partial charge in [-0.25, -0.2) is 0 Å². The third kappa shape index (κ3) is 3.32. The first-order valence-electron chi connectivity index (χ1n) is 7.81. The van der Waals surface area contributed by atoms with E-state index < -0.39 is 0 Å². The second-order valence-corrected chi connectivity index (χ2v) is 6.82. The van der Waals surface area contributed by atoms with Gasteiger partial charge >= 0.3 is 0 Å². The largest absolute Gasteiger partial charge is 0.309 e. The summed E-state index contributed by atoms with van der Waals surface area (Å²) in [6, 6.07) is 6.17. The van der Waals surface area contributed by atoms with Crippen LogP contribution in [0.4, 0.5) is 0 Å². The molecule has 1 saturated carbocycles. The molecule has 0 saturated heterocycles. The highest BCUT2D eigenvalue weighted by Crippen LogP contribution is 2.51. The molecule has 1 aliphatic rings. The zero-order chi connectivity index (χ0) is 14.6. The summed E-state index contributed by atoms with van der Waals surface area (Å²) in [6.07, 6.45) is 7.56. The smallest absolute Gasteiger partial charge is 0.0455 e. The van der Waals surface area contributed by atoms with Crippen LogP contribution in [-0.4, -0.2) is 6.54 Å². The first-order chi connectivity index (χ1) is 9.63. The monoisotopic (exact) mass is 313 g/mol. The van der Waals surface area contributed by atoms with Gasteiger partial charge in [-0.15, -0.1) is 0 Å². The van der Waals surface area contributed by atoms with Crippen molar-refractivity contribution in [3.63, 3.8) is 0 Å². The van der Waals surface area contributed by atoms with Crippen LogP contribution in [0.2, 0.25) is 10.0 Å². The van der Waals surface area contributed by atoms with Gasteiger partial charge in [0.05, 0.1) is 0 Å². The van der Waals surface area contributed by atoms with Gasteiger partial charge in [0.2, 0.25) is 0 Å². The predicted molar refractivity (Wildman–Crippen MR) is 88.7 cm³/mol. The van der Waals surface area contributed by atoms with Crippen molar-refractivity contribution in [2.75, 3.05) is 6.54 Å². The fraction of sp³-hybridized carbons (Fsp3) is 0.647. The summed E-state index contributed by atoms with van der Waals surface area (Å²) in [7, 11) is 0. The van der Waals surface area contributed by atoms with Crippen molar-refractivity contribution >= 4 is 23.2 Å². The average molecular weight is 314 g/mol. The van der Waals surface area contributed by atoms with E-state index in [0.29, 0.717) is 11.5 Å². The summed E-state index contributed by atoms with van der Waals surface area (Å²) in [5.41, 5.74) is 1.51. The molecule has 1 nitrogen and oxygen atoms in total. The quantitative estimate of drug-likeness (QED) is 0.678. The highest BCUT2D eigenvalue weighted by Gasteiger charge is 2.40. The molecule has 0 radical (unpaired) electrons. The lowest BCUT2D eigenvalue weighted by Crippen LogP contribution is -2.37. The molecule has 0 bridgehead atoms. The molecule has 1 aliphatic carbocycles. The van der Waals surface area contributed by atoms with E-state index in [9.17, 15) is 0 Å². The molecule has 0 spiro atoms. The van der Waals surface area contributed by atoms with Gasteiger partial charge in [-0.2, -0.15) is 0 Å². The number of rotatable bonds is 6. The van der Waals surface area contributed by atoms with E-state index in [4.69, 9.17) is 23.2 Å². The molecule has 112 valence electrons. The van der Waals surface area contributed by atoms with Gasteiger partial charge in [-0.1, -0.05) is 49.9 Å². The third-order valence-corrected chi connectivity index (χ3v) is 5.36. The van der Waals surface area contributed by atoms with Crippen molar-refractivity contribution in [1.82, 2.24) is 5.32 Å². The molecule has 0 aliphatic heterocycles.